The van der Waals surface area contributed by atoms with Gasteiger partial charge in [-0.05, 0) is 54.8 Å². The maximum Gasteiger partial charge on any atom is 0.365 e. The van der Waals surface area contributed by atoms with Crippen LogP contribution in [0.4, 0.5) is 0 Å². The molecular formula is C19H19NO5. The molecule has 0 radical (unpaired) electrons. The molecule has 1 aliphatic rings. The van der Waals surface area contributed by atoms with Crippen molar-refractivity contribution in [1.29, 1.82) is 0 Å². The van der Waals surface area contributed by atoms with E-state index in [2.05, 4.69) is 5.16 Å². The van der Waals surface area contributed by atoms with E-state index in [1.807, 2.05) is 18.2 Å². The van der Waals surface area contributed by atoms with E-state index in [4.69, 9.17) is 19.0 Å². The molecule has 0 heterocycles. The number of carbonyl (C=O) groups excluding carboxylic acids is 1. The van der Waals surface area contributed by atoms with Gasteiger partial charge in [0, 0.05) is 5.56 Å². The number of nitrogens with zero attached hydrogens (tertiary/aromatic N) is 1. The molecule has 6 nitrogen and oxygen atoms in total. The van der Waals surface area contributed by atoms with Gasteiger partial charge in [-0.1, -0.05) is 5.16 Å². The van der Waals surface area contributed by atoms with Gasteiger partial charge in [-0.3, -0.25) is 0 Å². The van der Waals surface area contributed by atoms with E-state index < -0.39 is 5.97 Å². The lowest BCUT2D eigenvalue weighted by atomic mass is 10.1. The molecule has 0 spiro atoms. The molecule has 3 rings (SSSR count). The van der Waals surface area contributed by atoms with Gasteiger partial charge in [-0.2, -0.15) is 0 Å². The van der Waals surface area contributed by atoms with E-state index >= 15 is 0 Å². The molecule has 0 bridgehead atoms. The summed E-state index contributed by atoms with van der Waals surface area (Å²) in [4.78, 5) is 17.4. The van der Waals surface area contributed by atoms with Crippen molar-refractivity contribution >= 4 is 11.7 Å². The van der Waals surface area contributed by atoms with Crippen molar-refractivity contribution in [3.63, 3.8) is 0 Å². The highest BCUT2D eigenvalue weighted by Gasteiger charge is 2.20. The van der Waals surface area contributed by atoms with Gasteiger partial charge in [0.15, 0.2) is 11.5 Å². The molecule has 0 unspecified atom stereocenters. The number of methoxy groups -OCH3 is 3. The summed E-state index contributed by atoms with van der Waals surface area (Å²) in [7, 11) is 4.68. The third kappa shape index (κ3) is 3.42. The first-order valence-electron chi connectivity index (χ1n) is 7.83. The summed E-state index contributed by atoms with van der Waals surface area (Å²) < 4.78 is 15.6. The van der Waals surface area contributed by atoms with Crippen molar-refractivity contribution in [2.75, 3.05) is 21.3 Å². The van der Waals surface area contributed by atoms with E-state index in [-0.39, 0.29) is 0 Å². The zero-order valence-corrected chi connectivity index (χ0v) is 14.4. The summed E-state index contributed by atoms with van der Waals surface area (Å²) in [5.41, 5.74) is 3.22. The first-order chi connectivity index (χ1) is 12.2. The van der Waals surface area contributed by atoms with Gasteiger partial charge in [0.05, 0.1) is 32.6 Å². The van der Waals surface area contributed by atoms with E-state index in [0.29, 0.717) is 17.1 Å². The molecule has 1 aliphatic carbocycles. The predicted molar refractivity (Wildman–Crippen MR) is 92.8 cm³/mol. The van der Waals surface area contributed by atoms with Crippen LogP contribution in [-0.4, -0.2) is 33.0 Å². The lowest BCUT2D eigenvalue weighted by molar-refractivity contribution is 0.0515. The molecule has 0 amide bonds. The monoisotopic (exact) mass is 341 g/mol. The number of aryl methyl sites for hydroxylation is 1. The van der Waals surface area contributed by atoms with Crippen LogP contribution < -0.4 is 14.2 Å². The van der Waals surface area contributed by atoms with Crippen molar-refractivity contribution in [1.82, 2.24) is 0 Å². The van der Waals surface area contributed by atoms with Crippen LogP contribution in [0.15, 0.2) is 41.6 Å². The minimum atomic E-state index is -0.546. The fourth-order valence-corrected chi connectivity index (χ4v) is 2.78. The number of benzene rings is 2. The second-order valence-electron chi connectivity index (χ2n) is 5.51. The van der Waals surface area contributed by atoms with Crippen LogP contribution in [0.2, 0.25) is 0 Å². The summed E-state index contributed by atoms with van der Waals surface area (Å²) in [6, 6.07) is 10.6. The zero-order valence-electron chi connectivity index (χ0n) is 14.4. The quantitative estimate of drug-likeness (QED) is 0.617. The van der Waals surface area contributed by atoms with E-state index in [0.717, 1.165) is 35.4 Å². The highest BCUT2D eigenvalue weighted by Crippen LogP contribution is 2.29. The Labute approximate surface area is 146 Å². The van der Waals surface area contributed by atoms with Crippen LogP contribution in [0, 0.1) is 0 Å². The van der Waals surface area contributed by atoms with Gasteiger partial charge in [0.25, 0.3) is 0 Å². The molecule has 2 aromatic rings. The normalized spacial score (nSPS) is 14.1. The van der Waals surface area contributed by atoms with Crippen molar-refractivity contribution in [3.05, 3.63) is 53.1 Å². The standard InChI is InChI=1S/C19H19NO5/c1-22-14-6-7-15-12(10-14)4-8-16(15)20-25-19(21)13-5-9-17(23-2)18(11-13)24-3/h5-7,9-11H,4,8H2,1-3H3. The number of hydrogen-bond donors (Lipinski definition) is 0. The Morgan fingerprint density at radius 2 is 1.72 bits per heavy atom. The molecule has 0 aromatic heterocycles. The molecule has 0 saturated carbocycles. The van der Waals surface area contributed by atoms with Crippen LogP contribution in [0.3, 0.4) is 0 Å². The Hall–Kier alpha value is -3.02. The highest BCUT2D eigenvalue weighted by molar-refractivity contribution is 6.04. The van der Waals surface area contributed by atoms with Gasteiger partial charge < -0.3 is 19.0 Å². The number of rotatable bonds is 5. The van der Waals surface area contributed by atoms with E-state index in [9.17, 15) is 4.79 Å². The average Bonchev–Trinajstić information content (AvgIpc) is 3.07. The number of hydrogen-bond acceptors (Lipinski definition) is 6. The van der Waals surface area contributed by atoms with Gasteiger partial charge in [-0.25, -0.2) is 4.79 Å². The average molecular weight is 341 g/mol. The minimum absolute atomic E-state index is 0.343. The maximum atomic E-state index is 12.2. The molecule has 0 aliphatic heterocycles. The number of fused-ring (bicyclic) bond motifs is 1. The molecule has 6 heteroatoms. The SMILES string of the molecule is COc1ccc2c(c1)CCC2=NOC(=O)c1ccc(OC)c(OC)c1. The van der Waals surface area contributed by atoms with Crippen LogP contribution in [0.25, 0.3) is 0 Å². The molecule has 2 aromatic carbocycles. The Morgan fingerprint density at radius 1 is 0.920 bits per heavy atom. The Kier molecular flexibility index (Phi) is 4.88. The second-order valence-corrected chi connectivity index (χ2v) is 5.51. The topological polar surface area (TPSA) is 66.4 Å². The Morgan fingerprint density at radius 3 is 2.44 bits per heavy atom. The fourth-order valence-electron chi connectivity index (χ4n) is 2.78. The summed E-state index contributed by atoms with van der Waals surface area (Å²) in [6.45, 7) is 0. The summed E-state index contributed by atoms with van der Waals surface area (Å²) >= 11 is 0. The second kappa shape index (κ2) is 7.25. The lowest BCUT2D eigenvalue weighted by Gasteiger charge is -2.08. The van der Waals surface area contributed by atoms with Crippen LogP contribution in [-0.2, 0) is 11.3 Å². The molecular weight excluding hydrogens is 322 g/mol. The molecule has 25 heavy (non-hydrogen) atoms. The third-order valence-corrected chi connectivity index (χ3v) is 4.11. The molecule has 0 atom stereocenters. The third-order valence-electron chi connectivity index (χ3n) is 4.11. The molecule has 130 valence electrons. The minimum Gasteiger partial charge on any atom is -0.497 e. The summed E-state index contributed by atoms with van der Waals surface area (Å²) in [5.74, 6) is 1.27. The van der Waals surface area contributed by atoms with Gasteiger partial charge in [0.1, 0.15) is 5.75 Å². The number of oxime groups is 1. The fraction of sp³-hybridized carbons (Fsp3) is 0.263. The van der Waals surface area contributed by atoms with Gasteiger partial charge >= 0.3 is 5.97 Å². The van der Waals surface area contributed by atoms with Crippen molar-refractivity contribution in [3.8, 4) is 17.2 Å². The molecule has 0 fully saturated rings. The van der Waals surface area contributed by atoms with Crippen LogP contribution in [0.5, 0.6) is 17.2 Å². The molecule has 0 N–H and O–H groups in total. The summed E-state index contributed by atoms with van der Waals surface area (Å²) in [5, 5.41) is 4.05. The number of carbonyl (C=O) groups is 1. The van der Waals surface area contributed by atoms with E-state index in [1.165, 1.54) is 14.2 Å². The zero-order chi connectivity index (χ0) is 17.8. The Balaban J connectivity index is 1.76. The van der Waals surface area contributed by atoms with Crippen molar-refractivity contribution in [2.24, 2.45) is 5.16 Å². The highest BCUT2D eigenvalue weighted by atomic mass is 16.7. The van der Waals surface area contributed by atoms with Crippen molar-refractivity contribution in [2.45, 2.75) is 12.8 Å². The predicted octanol–water partition coefficient (Wildman–Crippen LogP) is 3.22. The van der Waals surface area contributed by atoms with Gasteiger partial charge in [-0.15, -0.1) is 0 Å². The first kappa shape index (κ1) is 16.8. The maximum absolute atomic E-state index is 12.2. The van der Waals surface area contributed by atoms with Crippen molar-refractivity contribution < 1.29 is 23.8 Å². The van der Waals surface area contributed by atoms with Gasteiger partial charge in [0.2, 0.25) is 0 Å². The van der Waals surface area contributed by atoms with Crippen LogP contribution in [0.1, 0.15) is 27.9 Å². The summed E-state index contributed by atoms with van der Waals surface area (Å²) in [6.07, 6.45) is 1.57. The van der Waals surface area contributed by atoms with Crippen LogP contribution >= 0.6 is 0 Å². The smallest absolute Gasteiger partial charge is 0.365 e. The van der Waals surface area contributed by atoms with E-state index in [1.54, 1.807) is 25.3 Å². The largest absolute Gasteiger partial charge is 0.497 e. The first-order valence-corrected chi connectivity index (χ1v) is 7.83. The molecule has 0 saturated heterocycles. The number of ether oxygens (including phenoxy) is 3. The Bertz CT molecular complexity index is 829. The lowest BCUT2D eigenvalue weighted by Crippen LogP contribution is -2.05.